The highest BCUT2D eigenvalue weighted by atomic mass is 16.6. The first-order valence-electron chi connectivity index (χ1n) is 11.9. The third-order valence-electron chi connectivity index (χ3n) is 6.02. The first-order chi connectivity index (χ1) is 17.8. The number of non-ortho nitro benzene ring substituents is 1. The quantitative estimate of drug-likeness (QED) is 0.289. The lowest BCUT2D eigenvalue weighted by atomic mass is 9.86. The summed E-state index contributed by atoms with van der Waals surface area (Å²) in [5.41, 5.74) is 3.73. The highest BCUT2D eigenvalue weighted by molar-refractivity contribution is 6.07. The molecule has 10 heteroatoms. The van der Waals surface area contributed by atoms with Gasteiger partial charge in [0.2, 0.25) is 0 Å². The van der Waals surface area contributed by atoms with Crippen LogP contribution >= 0.6 is 0 Å². The van der Waals surface area contributed by atoms with Crippen LogP contribution < -0.4 is 10.6 Å². The minimum absolute atomic E-state index is 0.0130. The number of rotatable bonds is 6. The van der Waals surface area contributed by atoms with Gasteiger partial charge in [0.05, 0.1) is 21.7 Å². The van der Waals surface area contributed by atoms with Gasteiger partial charge in [-0.3, -0.25) is 20.2 Å². The molecule has 10 nitrogen and oxygen atoms in total. The van der Waals surface area contributed by atoms with Gasteiger partial charge in [0.25, 0.3) is 11.6 Å². The van der Waals surface area contributed by atoms with Crippen molar-refractivity contribution >= 4 is 46.1 Å². The molecule has 1 aromatic heterocycles. The summed E-state index contributed by atoms with van der Waals surface area (Å²) >= 11 is 0. The predicted molar refractivity (Wildman–Crippen MR) is 138 cm³/mol. The fourth-order valence-electron chi connectivity index (χ4n) is 4.33. The molecule has 0 radical (unpaired) electrons. The number of amides is 3. The molecule has 0 saturated carbocycles. The van der Waals surface area contributed by atoms with Crippen LogP contribution in [0.25, 0.3) is 22.6 Å². The van der Waals surface area contributed by atoms with Gasteiger partial charge in [-0.2, -0.15) is 0 Å². The van der Waals surface area contributed by atoms with Crippen molar-refractivity contribution in [2.75, 3.05) is 6.54 Å². The Morgan fingerprint density at radius 1 is 1.16 bits per heavy atom. The zero-order chi connectivity index (χ0) is 26.5. The molecule has 2 aromatic carbocycles. The second-order valence-electron chi connectivity index (χ2n) is 8.60. The van der Waals surface area contributed by atoms with Gasteiger partial charge < -0.3 is 10.1 Å². The first kappa shape index (κ1) is 25.5. The average Bonchev–Trinajstić information content (AvgIpc) is 2.87. The van der Waals surface area contributed by atoms with Gasteiger partial charge in [-0.25, -0.2) is 14.6 Å². The number of imide groups is 1. The van der Waals surface area contributed by atoms with Crippen LogP contribution in [-0.2, 0) is 16.0 Å². The monoisotopic (exact) mass is 502 g/mol. The number of urea groups is 1. The SMILES string of the molecule is CCNC(=O)NC(=O)C(C)OC(=O)c1c2c(nc3ccccc13)/C(=C/c1cccc([N+](=O)[O-])c1)CCC2. The zero-order valence-electron chi connectivity index (χ0n) is 20.4. The van der Waals surface area contributed by atoms with E-state index in [0.29, 0.717) is 52.7 Å². The Labute approximate surface area is 212 Å². The maximum atomic E-state index is 13.4. The third-order valence-corrected chi connectivity index (χ3v) is 6.02. The number of ether oxygens (including phenoxy) is 1. The molecule has 1 heterocycles. The van der Waals surface area contributed by atoms with E-state index < -0.39 is 28.9 Å². The van der Waals surface area contributed by atoms with Crippen LogP contribution in [0.4, 0.5) is 10.5 Å². The number of benzene rings is 2. The number of esters is 1. The summed E-state index contributed by atoms with van der Waals surface area (Å²) in [5, 5.41) is 16.4. The summed E-state index contributed by atoms with van der Waals surface area (Å²) in [4.78, 5) is 53.1. The molecule has 0 aliphatic heterocycles. The number of carbonyl (C=O) groups excluding carboxylic acids is 3. The van der Waals surface area contributed by atoms with Crippen LogP contribution in [0.1, 0.15) is 53.9 Å². The van der Waals surface area contributed by atoms with Crippen molar-refractivity contribution in [1.29, 1.82) is 0 Å². The van der Waals surface area contributed by atoms with E-state index in [-0.39, 0.29) is 5.69 Å². The largest absolute Gasteiger partial charge is 0.449 e. The van der Waals surface area contributed by atoms with E-state index in [2.05, 4.69) is 10.6 Å². The summed E-state index contributed by atoms with van der Waals surface area (Å²) in [6, 6.07) is 12.8. The van der Waals surface area contributed by atoms with Crippen molar-refractivity contribution in [3.63, 3.8) is 0 Å². The molecule has 2 N–H and O–H groups in total. The lowest BCUT2D eigenvalue weighted by molar-refractivity contribution is -0.384. The van der Waals surface area contributed by atoms with Crippen LogP contribution in [-0.4, -0.2) is 40.5 Å². The Bertz CT molecular complexity index is 1430. The van der Waals surface area contributed by atoms with Crippen molar-refractivity contribution in [3.05, 3.63) is 81.0 Å². The Kier molecular flexibility index (Phi) is 7.57. The topological polar surface area (TPSA) is 141 Å². The number of nitro benzene ring substituents is 1. The van der Waals surface area contributed by atoms with E-state index in [1.54, 1.807) is 37.3 Å². The molecule has 0 bridgehead atoms. The number of hydrogen-bond donors (Lipinski definition) is 2. The molecule has 0 fully saturated rings. The minimum Gasteiger partial charge on any atom is -0.449 e. The van der Waals surface area contributed by atoms with E-state index in [1.807, 2.05) is 12.1 Å². The standard InChI is InChI=1S/C27H26N4O6/c1-3-28-27(34)30-25(32)16(2)37-26(33)23-20-11-4-5-13-22(20)29-24-18(9-7-12-21(23)24)14-17-8-6-10-19(15-17)31(35)36/h4-6,8,10-11,13-16H,3,7,9,12H2,1-2H3,(H2,28,30,32,34)/b18-14+. The van der Waals surface area contributed by atoms with Crippen molar-refractivity contribution in [2.24, 2.45) is 0 Å². The van der Waals surface area contributed by atoms with Crippen LogP contribution in [0.2, 0.25) is 0 Å². The summed E-state index contributed by atoms with van der Waals surface area (Å²) in [5.74, 6) is -1.43. The van der Waals surface area contributed by atoms with Gasteiger partial charge in [-0.15, -0.1) is 0 Å². The zero-order valence-corrected chi connectivity index (χ0v) is 20.4. The number of hydrogen-bond acceptors (Lipinski definition) is 7. The molecule has 1 aliphatic rings. The van der Waals surface area contributed by atoms with Crippen LogP contribution in [0.15, 0.2) is 48.5 Å². The van der Waals surface area contributed by atoms with Gasteiger partial charge in [0.1, 0.15) is 0 Å². The maximum Gasteiger partial charge on any atom is 0.339 e. The molecule has 1 aliphatic carbocycles. The molecular formula is C27H26N4O6. The fraction of sp³-hybridized carbons (Fsp3) is 0.259. The fourth-order valence-corrected chi connectivity index (χ4v) is 4.33. The van der Waals surface area contributed by atoms with E-state index in [4.69, 9.17) is 9.72 Å². The number of fused-ring (bicyclic) bond motifs is 2. The normalized spacial score (nSPS) is 14.5. The Hall–Kier alpha value is -4.60. The Morgan fingerprint density at radius 3 is 2.70 bits per heavy atom. The van der Waals surface area contributed by atoms with Gasteiger partial charge in [-0.05, 0) is 62.0 Å². The second kappa shape index (κ2) is 11.0. The minimum atomic E-state index is -1.21. The van der Waals surface area contributed by atoms with Crippen molar-refractivity contribution in [1.82, 2.24) is 15.6 Å². The predicted octanol–water partition coefficient (Wildman–Crippen LogP) is 4.41. The molecule has 1 atom stereocenters. The van der Waals surface area contributed by atoms with Crippen molar-refractivity contribution in [3.8, 4) is 0 Å². The number of nitrogens with zero attached hydrogens (tertiary/aromatic N) is 2. The maximum absolute atomic E-state index is 13.4. The number of nitro groups is 1. The van der Waals surface area contributed by atoms with Gasteiger partial charge in [0, 0.05) is 24.1 Å². The molecule has 4 rings (SSSR count). The first-order valence-corrected chi connectivity index (χ1v) is 11.9. The molecule has 3 amide bonds. The highest BCUT2D eigenvalue weighted by Crippen LogP contribution is 2.36. The number of para-hydroxylation sites is 1. The number of aromatic nitrogens is 1. The van der Waals surface area contributed by atoms with Crippen LogP contribution in [0.5, 0.6) is 0 Å². The summed E-state index contributed by atoms with van der Waals surface area (Å²) in [7, 11) is 0. The summed E-state index contributed by atoms with van der Waals surface area (Å²) in [6.07, 6.45) is 2.64. The molecule has 3 aromatic rings. The summed E-state index contributed by atoms with van der Waals surface area (Å²) in [6.45, 7) is 3.46. The van der Waals surface area contributed by atoms with Crippen molar-refractivity contribution in [2.45, 2.75) is 39.2 Å². The number of nitrogens with one attached hydrogen (secondary N) is 2. The van der Waals surface area contributed by atoms with E-state index in [9.17, 15) is 24.5 Å². The molecule has 0 spiro atoms. The lowest BCUT2D eigenvalue weighted by Crippen LogP contribution is -2.44. The number of allylic oxidation sites excluding steroid dienone is 1. The second-order valence-corrected chi connectivity index (χ2v) is 8.60. The van der Waals surface area contributed by atoms with Crippen LogP contribution in [0.3, 0.4) is 0 Å². The number of carbonyl (C=O) groups is 3. The highest BCUT2D eigenvalue weighted by Gasteiger charge is 2.28. The number of pyridine rings is 1. The molecule has 37 heavy (non-hydrogen) atoms. The van der Waals surface area contributed by atoms with Gasteiger partial charge >= 0.3 is 12.0 Å². The smallest absolute Gasteiger partial charge is 0.339 e. The third kappa shape index (κ3) is 5.64. The lowest BCUT2D eigenvalue weighted by Gasteiger charge is -2.23. The van der Waals surface area contributed by atoms with E-state index >= 15 is 0 Å². The Balaban J connectivity index is 1.73. The van der Waals surface area contributed by atoms with Crippen molar-refractivity contribution < 1.29 is 24.0 Å². The average molecular weight is 503 g/mol. The Morgan fingerprint density at radius 2 is 1.95 bits per heavy atom. The molecule has 1 unspecified atom stereocenters. The molecular weight excluding hydrogens is 476 g/mol. The van der Waals surface area contributed by atoms with Gasteiger partial charge in [-0.1, -0.05) is 30.3 Å². The van der Waals surface area contributed by atoms with Gasteiger partial charge in [0.15, 0.2) is 6.10 Å². The van der Waals surface area contributed by atoms with E-state index in [1.165, 1.54) is 19.1 Å². The summed E-state index contributed by atoms with van der Waals surface area (Å²) < 4.78 is 5.49. The van der Waals surface area contributed by atoms with Crippen LogP contribution in [0, 0.1) is 10.1 Å². The van der Waals surface area contributed by atoms with E-state index in [0.717, 1.165) is 12.0 Å². The molecule has 0 saturated heterocycles. The molecule has 190 valence electrons.